The maximum absolute atomic E-state index is 15.1. The number of amides is 1. The Kier molecular flexibility index (Phi) is 7.57. The zero-order valence-corrected chi connectivity index (χ0v) is 21.0. The van der Waals surface area contributed by atoms with E-state index in [0.717, 1.165) is 19.2 Å². The lowest BCUT2D eigenvalue weighted by Crippen LogP contribution is -2.47. The molecule has 0 atom stereocenters. The number of pyridine rings is 2. The number of nitrogens with one attached hydrogen (secondary N) is 2. The van der Waals surface area contributed by atoms with Crippen LogP contribution in [0, 0.1) is 5.82 Å². The first-order valence-corrected chi connectivity index (χ1v) is 12.4. The SMILES string of the molecule is C=CC(=O)Nc1ccnc(-n2ccc(=O)c3cnc(Nc4ccc(N5CCN(CCO)CC5)c(F)c4)nc32)c1. The fourth-order valence-corrected chi connectivity index (χ4v) is 4.42. The second-order valence-electron chi connectivity index (χ2n) is 8.92. The van der Waals surface area contributed by atoms with Gasteiger partial charge >= 0.3 is 0 Å². The van der Waals surface area contributed by atoms with E-state index in [9.17, 15) is 9.59 Å². The van der Waals surface area contributed by atoms with E-state index < -0.39 is 0 Å². The number of halogens is 1. The van der Waals surface area contributed by atoms with Crippen LogP contribution in [0.3, 0.4) is 0 Å². The predicted octanol–water partition coefficient (Wildman–Crippen LogP) is 2.30. The molecule has 0 unspecified atom stereocenters. The average molecular weight is 531 g/mol. The highest BCUT2D eigenvalue weighted by molar-refractivity contribution is 5.99. The molecule has 1 saturated heterocycles. The number of anilines is 4. The third kappa shape index (κ3) is 5.76. The number of hydrogen-bond acceptors (Lipinski definition) is 9. The molecule has 12 heteroatoms. The molecule has 5 rings (SSSR count). The van der Waals surface area contributed by atoms with Crippen LogP contribution >= 0.6 is 0 Å². The van der Waals surface area contributed by atoms with Crippen LogP contribution in [0.4, 0.5) is 27.4 Å². The van der Waals surface area contributed by atoms with E-state index in [1.807, 2.05) is 4.90 Å². The lowest BCUT2D eigenvalue weighted by molar-refractivity contribution is -0.111. The van der Waals surface area contributed by atoms with Crippen molar-refractivity contribution >= 4 is 40.0 Å². The lowest BCUT2D eigenvalue weighted by Gasteiger charge is -2.36. The number of β-amino-alcohol motifs (C(OH)–C–C–N with tert-alkyl or cyclic N) is 1. The minimum atomic E-state index is -0.379. The van der Waals surface area contributed by atoms with Gasteiger partial charge in [-0.1, -0.05) is 6.58 Å². The standard InChI is InChI=1S/C27H27FN8O3/c1-2-25(39)31-19-5-7-29-24(16-19)36-8-6-23(38)20-17-30-27(33-26(20)36)32-18-3-4-22(21(28)15-18)35-11-9-34(10-12-35)13-14-37/h2-8,15-17,37H,1,9-14H2,(H,29,31,39)(H,30,32,33). The van der Waals surface area contributed by atoms with E-state index in [0.29, 0.717) is 42.5 Å². The van der Waals surface area contributed by atoms with Gasteiger partial charge in [0.05, 0.1) is 17.7 Å². The molecule has 3 N–H and O–H groups in total. The summed E-state index contributed by atoms with van der Waals surface area (Å²) in [6.45, 7) is 7.02. The number of rotatable bonds is 8. The summed E-state index contributed by atoms with van der Waals surface area (Å²) in [5.74, 6) is -0.160. The van der Waals surface area contributed by atoms with Crippen molar-refractivity contribution in [3.63, 3.8) is 0 Å². The van der Waals surface area contributed by atoms with Crippen molar-refractivity contribution < 1.29 is 14.3 Å². The van der Waals surface area contributed by atoms with Crippen molar-refractivity contribution in [3.8, 4) is 5.82 Å². The summed E-state index contributed by atoms with van der Waals surface area (Å²) >= 11 is 0. The number of piperazine rings is 1. The van der Waals surface area contributed by atoms with Crippen molar-refractivity contribution in [1.82, 2.24) is 24.4 Å². The Hall–Kier alpha value is -4.68. The number of benzene rings is 1. The molecule has 3 aromatic heterocycles. The van der Waals surface area contributed by atoms with Gasteiger partial charge in [-0.05, 0) is 30.3 Å². The molecule has 0 spiro atoms. The molecule has 1 aliphatic rings. The van der Waals surface area contributed by atoms with Gasteiger partial charge in [0.15, 0.2) is 11.1 Å². The minimum absolute atomic E-state index is 0.110. The number of aromatic nitrogens is 4. The van der Waals surface area contributed by atoms with Crippen molar-refractivity contribution in [2.24, 2.45) is 0 Å². The van der Waals surface area contributed by atoms with E-state index in [4.69, 9.17) is 5.11 Å². The van der Waals surface area contributed by atoms with Gasteiger partial charge in [0.25, 0.3) is 0 Å². The van der Waals surface area contributed by atoms with Gasteiger partial charge in [0.2, 0.25) is 11.9 Å². The van der Waals surface area contributed by atoms with Gasteiger partial charge in [0.1, 0.15) is 11.6 Å². The third-order valence-corrected chi connectivity index (χ3v) is 6.42. The molecular weight excluding hydrogens is 503 g/mol. The molecule has 0 saturated carbocycles. The van der Waals surface area contributed by atoms with E-state index in [-0.39, 0.29) is 40.7 Å². The Labute approximate surface area is 223 Å². The first-order valence-electron chi connectivity index (χ1n) is 12.4. The second-order valence-corrected chi connectivity index (χ2v) is 8.92. The van der Waals surface area contributed by atoms with Crippen molar-refractivity contribution in [2.75, 3.05) is 54.9 Å². The summed E-state index contributed by atoms with van der Waals surface area (Å²) in [5, 5.41) is 15.1. The molecule has 39 heavy (non-hydrogen) atoms. The lowest BCUT2D eigenvalue weighted by atomic mass is 10.2. The number of carbonyl (C=O) groups is 1. The van der Waals surface area contributed by atoms with Gasteiger partial charge in [-0.2, -0.15) is 4.98 Å². The van der Waals surface area contributed by atoms with Crippen LogP contribution in [0.5, 0.6) is 0 Å². The molecule has 0 radical (unpaired) electrons. The van der Waals surface area contributed by atoms with Crippen LogP contribution in [0.15, 0.2) is 72.4 Å². The molecule has 0 bridgehead atoms. The Morgan fingerprint density at radius 3 is 2.67 bits per heavy atom. The van der Waals surface area contributed by atoms with E-state index >= 15 is 4.39 Å². The fraction of sp³-hybridized carbons (Fsp3) is 0.222. The van der Waals surface area contributed by atoms with Crippen LogP contribution in [-0.2, 0) is 4.79 Å². The molecule has 0 aliphatic carbocycles. The number of aliphatic hydroxyl groups excluding tert-OH is 1. The minimum Gasteiger partial charge on any atom is -0.395 e. The molecule has 4 heterocycles. The maximum Gasteiger partial charge on any atom is 0.247 e. The number of nitrogens with zero attached hydrogens (tertiary/aromatic N) is 6. The largest absolute Gasteiger partial charge is 0.395 e. The third-order valence-electron chi connectivity index (χ3n) is 6.42. The molecule has 1 aliphatic heterocycles. The van der Waals surface area contributed by atoms with Crippen molar-refractivity contribution in [3.05, 3.63) is 83.7 Å². The van der Waals surface area contributed by atoms with Crippen LogP contribution in [0.1, 0.15) is 0 Å². The van der Waals surface area contributed by atoms with Crippen molar-refractivity contribution in [2.45, 2.75) is 0 Å². The number of aliphatic hydroxyl groups is 1. The van der Waals surface area contributed by atoms with Crippen LogP contribution in [0.25, 0.3) is 16.9 Å². The highest BCUT2D eigenvalue weighted by atomic mass is 19.1. The van der Waals surface area contributed by atoms with Crippen molar-refractivity contribution in [1.29, 1.82) is 0 Å². The second kappa shape index (κ2) is 11.4. The molecular formula is C27H27FN8O3. The van der Waals surface area contributed by atoms with E-state index in [2.05, 4.69) is 37.1 Å². The summed E-state index contributed by atoms with van der Waals surface area (Å²) in [5.41, 5.74) is 1.48. The average Bonchev–Trinajstić information content (AvgIpc) is 2.94. The van der Waals surface area contributed by atoms with E-state index in [1.165, 1.54) is 30.7 Å². The quantitative estimate of drug-likeness (QED) is 0.294. The summed E-state index contributed by atoms with van der Waals surface area (Å²) < 4.78 is 16.7. The zero-order chi connectivity index (χ0) is 27.4. The monoisotopic (exact) mass is 530 g/mol. The molecule has 1 aromatic carbocycles. The Morgan fingerprint density at radius 1 is 1.10 bits per heavy atom. The summed E-state index contributed by atoms with van der Waals surface area (Å²) in [7, 11) is 0. The van der Waals surface area contributed by atoms with Crippen LogP contribution < -0.4 is 21.0 Å². The summed E-state index contributed by atoms with van der Waals surface area (Å²) in [6, 6.07) is 9.49. The normalized spacial score (nSPS) is 13.8. The maximum atomic E-state index is 15.1. The van der Waals surface area contributed by atoms with Gasteiger partial charge in [0, 0.05) is 74.8 Å². The molecule has 11 nitrogen and oxygen atoms in total. The topological polar surface area (TPSA) is 129 Å². The van der Waals surface area contributed by atoms with Gasteiger partial charge in [-0.25, -0.2) is 14.4 Å². The Balaban J connectivity index is 1.40. The van der Waals surface area contributed by atoms with Crippen LogP contribution in [0.2, 0.25) is 0 Å². The fourth-order valence-electron chi connectivity index (χ4n) is 4.42. The summed E-state index contributed by atoms with van der Waals surface area (Å²) in [6.07, 6.45) is 5.63. The molecule has 1 fully saturated rings. The number of hydrogen-bond donors (Lipinski definition) is 3. The molecule has 4 aromatic rings. The Bertz CT molecular complexity index is 1580. The van der Waals surface area contributed by atoms with Crippen LogP contribution in [-0.4, -0.2) is 74.8 Å². The zero-order valence-electron chi connectivity index (χ0n) is 21.0. The van der Waals surface area contributed by atoms with Gasteiger partial charge < -0.3 is 20.6 Å². The summed E-state index contributed by atoms with van der Waals surface area (Å²) in [4.78, 5) is 41.5. The first-order chi connectivity index (χ1) is 18.9. The smallest absolute Gasteiger partial charge is 0.247 e. The molecule has 1 amide bonds. The number of fused-ring (bicyclic) bond motifs is 1. The highest BCUT2D eigenvalue weighted by Gasteiger charge is 2.19. The predicted molar refractivity (Wildman–Crippen MR) is 147 cm³/mol. The van der Waals surface area contributed by atoms with E-state index in [1.54, 1.807) is 28.8 Å². The highest BCUT2D eigenvalue weighted by Crippen LogP contribution is 2.26. The van der Waals surface area contributed by atoms with Gasteiger partial charge in [-0.15, -0.1) is 0 Å². The van der Waals surface area contributed by atoms with Gasteiger partial charge in [-0.3, -0.25) is 19.1 Å². The Morgan fingerprint density at radius 2 is 1.92 bits per heavy atom. The number of carbonyl (C=O) groups excluding carboxylic acids is 1. The first kappa shape index (κ1) is 25.9. The molecule has 200 valence electrons.